The van der Waals surface area contributed by atoms with Gasteiger partial charge in [0.2, 0.25) is 0 Å². The zero-order chi connectivity index (χ0) is 15.1. The normalized spacial score (nSPS) is 15.6. The van der Waals surface area contributed by atoms with Crippen LogP contribution in [0.25, 0.3) is 0 Å². The van der Waals surface area contributed by atoms with Crippen molar-refractivity contribution in [3.8, 4) is 11.5 Å². The van der Waals surface area contributed by atoms with Crippen LogP contribution >= 0.6 is 23.2 Å². The number of hydrogen-bond donors (Lipinski definition) is 0. The van der Waals surface area contributed by atoms with E-state index in [-0.39, 0.29) is 5.38 Å². The number of unbranched alkanes of at least 4 members (excludes halogenated alkanes) is 4. The Kier molecular flexibility index (Phi) is 6.98. The van der Waals surface area contributed by atoms with Gasteiger partial charge in [-0.3, -0.25) is 0 Å². The van der Waals surface area contributed by atoms with Crippen molar-refractivity contribution in [1.82, 2.24) is 0 Å². The maximum absolute atomic E-state index is 6.53. The molecule has 1 aromatic carbocycles. The van der Waals surface area contributed by atoms with E-state index in [1.165, 1.54) is 25.7 Å². The van der Waals surface area contributed by atoms with Crippen molar-refractivity contribution in [2.24, 2.45) is 0 Å². The first-order valence-corrected chi connectivity index (χ1v) is 8.77. The molecule has 1 aliphatic heterocycles. The molecule has 0 aromatic heterocycles. The summed E-state index contributed by atoms with van der Waals surface area (Å²) >= 11 is 12.9. The topological polar surface area (TPSA) is 18.5 Å². The lowest BCUT2D eigenvalue weighted by Crippen LogP contribution is -1.97. The van der Waals surface area contributed by atoms with Crippen molar-refractivity contribution in [3.63, 3.8) is 0 Å². The van der Waals surface area contributed by atoms with Crippen LogP contribution in [-0.2, 0) is 0 Å². The second-order valence-electron chi connectivity index (χ2n) is 5.54. The third-order valence-electron chi connectivity index (χ3n) is 3.77. The third kappa shape index (κ3) is 4.96. The minimum atomic E-state index is -0.0590. The van der Waals surface area contributed by atoms with Crippen LogP contribution in [0.1, 0.15) is 62.8 Å². The van der Waals surface area contributed by atoms with Crippen LogP contribution in [0.5, 0.6) is 11.5 Å². The zero-order valence-corrected chi connectivity index (χ0v) is 14.2. The number of rotatable bonds is 7. The lowest BCUT2D eigenvalue weighted by atomic mass is 10.0. The summed E-state index contributed by atoms with van der Waals surface area (Å²) in [5.41, 5.74) is 0.957. The Morgan fingerprint density at radius 3 is 2.43 bits per heavy atom. The van der Waals surface area contributed by atoms with Crippen LogP contribution in [0.15, 0.2) is 12.1 Å². The minimum absolute atomic E-state index is 0.0590. The van der Waals surface area contributed by atoms with Crippen molar-refractivity contribution in [1.29, 1.82) is 0 Å². The first-order valence-electron chi connectivity index (χ1n) is 7.95. The van der Waals surface area contributed by atoms with Crippen molar-refractivity contribution >= 4 is 23.2 Å². The number of halogens is 2. The quantitative estimate of drug-likeness (QED) is 0.441. The van der Waals surface area contributed by atoms with E-state index in [2.05, 4.69) is 6.92 Å². The lowest BCUT2D eigenvalue weighted by Gasteiger charge is -2.15. The van der Waals surface area contributed by atoms with Gasteiger partial charge in [-0.25, -0.2) is 0 Å². The molecule has 0 saturated carbocycles. The second-order valence-corrected chi connectivity index (χ2v) is 6.48. The largest absolute Gasteiger partial charge is 0.490 e. The molecule has 0 fully saturated rings. The smallest absolute Gasteiger partial charge is 0.162 e. The highest BCUT2D eigenvalue weighted by molar-refractivity contribution is 6.33. The van der Waals surface area contributed by atoms with Gasteiger partial charge in [0.25, 0.3) is 0 Å². The molecule has 1 aliphatic rings. The molecule has 0 N–H and O–H groups in total. The van der Waals surface area contributed by atoms with E-state index >= 15 is 0 Å². The Bertz CT molecular complexity index is 449. The zero-order valence-electron chi connectivity index (χ0n) is 12.7. The Hall–Kier alpha value is -0.600. The van der Waals surface area contributed by atoms with E-state index in [9.17, 15) is 0 Å². The Labute approximate surface area is 137 Å². The average molecular weight is 331 g/mol. The standard InChI is InChI=1S/C17H24Cl2O2/c1-2-3-4-5-6-8-14(18)13-11-16-17(12-15(13)19)21-10-7-9-20-16/h11-12,14H,2-10H2,1H3. The highest BCUT2D eigenvalue weighted by atomic mass is 35.5. The summed E-state index contributed by atoms with van der Waals surface area (Å²) in [6, 6.07) is 3.79. The molecule has 2 rings (SSSR count). The molecule has 0 spiro atoms. The number of ether oxygens (including phenoxy) is 2. The Balaban J connectivity index is 1.96. The number of benzene rings is 1. The lowest BCUT2D eigenvalue weighted by molar-refractivity contribution is 0.297. The van der Waals surface area contributed by atoms with Crippen LogP contribution in [0.4, 0.5) is 0 Å². The van der Waals surface area contributed by atoms with E-state index in [0.29, 0.717) is 18.2 Å². The van der Waals surface area contributed by atoms with Gasteiger partial charge in [0, 0.05) is 17.5 Å². The van der Waals surface area contributed by atoms with Crippen molar-refractivity contribution < 1.29 is 9.47 Å². The van der Waals surface area contributed by atoms with E-state index in [4.69, 9.17) is 32.7 Å². The summed E-state index contributed by atoms with van der Waals surface area (Å²) in [4.78, 5) is 0. The first-order chi connectivity index (χ1) is 10.2. The molecule has 0 aliphatic carbocycles. The fourth-order valence-electron chi connectivity index (χ4n) is 2.52. The van der Waals surface area contributed by atoms with E-state index in [0.717, 1.165) is 36.3 Å². The summed E-state index contributed by atoms with van der Waals surface area (Å²) in [6.07, 6.45) is 8.07. The van der Waals surface area contributed by atoms with Gasteiger partial charge in [-0.1, -0.05) is 50.6 Å². The summed E-state index contributed by atoms with van der Waals surface area (Å²) < 4.78 is 11.3. The molecule has 0 amide bonds. The van der Waals surface area contributed by atoms with Gasteiger partial charge in [0.05, 0.1) is 18.6 Å². The van der Waals surface area contributed by atoms with E-state index in [1.54, 1.807) is 0 Å². The molecule has 1 unspecified atom stereocenters. The third-order valence-corrected chi connectivity index (χ3v) is 4.55. The second kappa shape index (κ2) is 8.75. The highest BCUT2D eigenvalue weighted by Gasteiger charge is 2.18. The summed E-state index contributed by atoms with van der Waals surface area (Å²) in [5.74, 6) is 1.50. The molecule has 0 saturated heterocycles. The molecule has 1 heterocycles. The number of hydrogen-bond acceptors (Lipinski definition) is 2. The van der Waals surface area contributed by atoms with Gasteiger partial charge in [0.1, 0.15) is 0 Å². The predicted octanol–water partition coefficient (Wildman–Crippen LogP) is 6.14. The summed E-state index contributed by atoms with van der Waals surface area (Å²) in [6.45, 7) is 3.57. The SMILES string of the molecule is CCCCCCCC(Cl)c1cc2c(cc1Cl)OCCCO2. The van der Waals surface area contributed by atoms with Gasteiger partial charge in [-0.2, -0.15) is 0 Å². The van der Waals surface area contributed by atoms with E-state index < -0.39 is 0 Å². The van der Waals surface area contributed by atoms with Crippen LogP contribution < -0.4 is 9.47 Å². The summed E-state index contributed by atoms with van der Waals surface area (Å²) in [7, 11) is 0. The Morgan fingerprint density at radius 2 is 1.71 bits per heavy atom. The fourth-order valence-corrected chi connectivity index (χ4v) is 3.20. The molecular formula is C17H24Cl2O2. The van der Waals surface area contributed by atoms with Gasteiger partial charge in [-0.15, -0.1) is 11.6 Å². The molecule has 2 nitrogen and oxygen atoms in total. The van der Waals surface area contributed by atoms with Crippen LogP contribution in [-0.4, -0.2) is 13.2 Å². The van der Waals surface area contributed by atoms with Gasteiger partial charge < -0.3 is 9.47 Å². The average Bonchev–Trinajstić information content (AvgIpc) is 2.70. The molecule has 118 valence electrons. The van der Waals surface area contributed by atoms with Gasteiger partial charge >= 0.3 is 0 Å². The monoisotopic (exact) mass is 330 g/mol. The molecule has 0 radical (unpaired) electrons. The predicted molar refractivity (Wildman–Crippen MR) is 89.0 cm³/mol. The highest BCUT2D eigenvalue weighted by Crippen LogP contribution is 2.40. The minimum Gasteiger partial charge on any atom is -0.490 e. The molecule has 1 atom stereocenters. The number of alkyl halides is 1. The van der Waals surface area contributed by atoms with Crippen molar-refractivity contribution in [3.05, 3.63) is 22.7 Å². The molecule has 1 aromatic rings. The number of fused-ring (bicyclic) bond motifs is 1. The summed E-state index contributed by atoms with van der Waals surface area (Å²) in [5, 5.41) is 0.615. The van der Waals surface area contributed by atoms with Crippen LogP contribution in [0.3, 0.4) is 0 Å². The first kappa shape index (κ1) is 16.8. The molecular weight excluding hydrogens is 307 g/mol. The van der Waals surface area contributed by atoms with Gasteiger partial charge in [0.15, 0.2) is 11.5 Å². The molecule has 21 heavy (non-hydrogen) atoms. The fraction of sp³-hybridized carbons (Fsp3) is 0.647. The van der Waals surface area contributed by atoms with Crippen LogP contribution in [0.2, 0.25) is 5.02 Å². The maximum atomic E-state index is 6.53. The van der Waals surface area contributed by atoms with Gasteiger partial charge in [-0.05, 0) is 18.1 Å². The maximum Gasteiger partial charge on any atom is 0.162 e. The molecule has 4 heteroatoms. The van der Waals surface area contributed by atoms with E-state index in [1.807, 2.05) is 12.1 Å². The molecule has 0 bridgehead atoms. The van der Waals surface area contributed by atoms with Crippen molar-refractivity contribution in [2.75, 3.05) is 13.2 Å². The van der Waals surface area contributed by atoms with Crippen LogP contribution in [0, 0.1) is 0 Å². The van der Waals surface area contributed by atoms with Crippen molar-refractivity contribution in [2.45, 2.75) is 57.2 Å². The Morgan fingerprint density at radius 1 is 1.05 bits per heavy atom.